The number of halogens is 2. The Balaban J connectivity index is 1.50. The van der Waals surface area contributed by atoms with Crippen LogP contribution in [0.15, 0.2) is 18.2 Å². The van der Waals surface area contributed by atoms with Crippen molar-refractivity contribution in [2.75, 3.05) is 64.2 Å². The first kappa shape index (κ1) is 22.0. The summed E-state index contributed by atoms with van der Waals surface area (Å²) >= 11 is 11.9. The van der Waals surface area contributed by atoms with E-state index in [0.717, 1.165) is 19.6 Å². The quantitative estimate of drug-likeness (QED) is 0.747. The van der Waals surface area contributed by atoms with Crippen molar-refractivity contribution in [3.8, 4) is 0 Å². The zero-order valence-corrected chi connectivity index (χ0v) is 18.0. The van der Waals surface area contributed by atoms with Crippen molar-refractivity contribution in [2.45, 2.75) is 13.0 Å². The normalized spacial score (nSPS) is 21.3. The van der Waals surface area contributed by atoms with E-state index in [0.29, 0.717) is 55.0 Å². The number of rotatable bonds is 4. The Morgan fingerprint density at radius 2 is 1.76 bits per heavy atom. The van der Waals surface area contributed by atoms with Crippen LogP contribution >= 0.6 is 23.2 Å². The number of urea groups is 1. The van der Waals surface area contributed by atoms with Gasteiger partial charge in [0.15, 0.2) is 0 Å². The molecule has 2 aliphatic rings. The van der Waals surface area contributed by atoms with Crippen molar-refractivity contribution in [1.29, 1.82) is 0 Å². The molecule has 3 rings (SSSR count). The second-order valence-corrected chi connectivity index (χ2v) is 8.18. The van der Waals surface area contributed by atoms with Gasteiger partial charge in [0.2, 0.25) is 0 Å². The zero-order chi connectivity index (χ0) is 21.0. The van der Waals surface area contributed by atoms with Crippen LogP contribution in [0, 0.1) is 0 Å². The number of carbonyl (C=O) groups is 2. The number of hydrogen-bond donors (Lipinski definition) is 2. The summed E-state index contributed by atoms with van der Waals surface area (Å²) in [6.45, 7) is 8.38. The van der Waals surface area contributed by atoms with E-state index in [2.05, 4.69) is 22.0 Å². The number of nitrogens with one attached hydrogen (secondary N) is 1. The van der Waals surface area contributed by atoms with Crippen LogP contribution in [-0.4, -0.2) is 102 Å². The topological polar surface area (TPSA) is 79.4 Å². The Bertz CT molecular complexity index is 743. The molecule has 3 amide bonds. The lowest BCUT2D eigenvalue weighted by atomic mass is 10.1. The molecule has 160 valence electrons. The van der Waals surface area contributed by atoms with Crippen LogP contribution in [0.25, 0.3) is 0 Å². The molecule has 2 saturated heterocycles. The molecule has 8 nitrogen and oxygen atoms in total. The Morgan fingerprint density at radius 3 is 2.38 bits per heavy atom. The predicted molar refractivity (Wildman–Crippen MR) is 114 cm³/mol. The van der Waals surface area contributed by atoms with Crippen molar-refractivity contribution in [3.05, 3.63) is 28.2 Å². The van der Waals surface area contributed by atoms with Gasteiger partial charge in [-0.1, -0.05) is 30.1 Å². The number of carbonyl (C=O) groups excluding carboxylic acids is 1. The van der Waals surface area contributed by atoms with E-state index < -0.39 is 6.09 Å². The number of carboxylic acid groups (broad SMARTS) is 1. The van der Waals surface area contributed by atoms with E-state index in [1.807, 2.05) is 0 Å². The fourth-order valence-electron chi connectivity index (χ4n) is 3.82. The van der Waals surface area contributed by atoms with Crippen LogP contribution in [0.4, 0.5) is 15.3 Å². The van der Waals surface area contributed by atoms with E-state index in [9.17, 15) is 14.7 Å². The molecule has 0 bridgehead atoms. The van der Waals surface area contributed by atoms with Crippen molar-refractivity contribution >= 4 is 41.0 Å². The Hall–Kier alpha value is -1.74. The largest absolute Gasteiger partial charge is 0.465 e. The van der Waals surface area contributed by atoms with E-state index in [1.165, 1.54) is 0 Å². The van der Waals surface area contributed by atoms with Gasteiger partial charge in [-0.25, -0.2) is 9.59 Å². The molecule has 2 N–H and O–H groups in total. The van der Waals surface area contributed by atoms with Gasteiger partial charge in [-0.15, -0.1) is 0 Å². The minimum absolute atomic E-state index is 0.0437. The van der Waals surface area contributed by atoms with Gasteiger partial charge in [0.05, 0.1) is 16.1 Å². The molecule has 1 aromatic rings. The second kappa shape index (κ2) is 9.84. The molecule has 2 heterocycles. The highest BCUT2D eigenvalue weighted by Crippen LogP contribution is 2.25. The molecule has 29 heavy (non-hydrogen) atoms. The summed E-state index contributed by atoms with van der Waals surface area (Å²) in [6.07, 6.45) is -0.856. The molecule has 2 fully saturated rings. The highest BCUT2D eigenvalue weighted by atomic mass is 35.5. The third-order valence-corrected chi connectivity index (χ3v) is 6.30. The maximum absolute atomic E-state index is 12.5. The third-order valence-electron chi connectivity index (χ3n) is 5.56. The van der Waals surface area contributed by atoms with Crippen LogP contribution in [0.1, 0.15) is 6.92 Å². The van der Waals surface area contributed by atoms with E-state index >= 15 is 0 Å². The Kier molecular flexibility index (Phi) is 7.45. The molecule has 1 unspecified atom stereocenters. The van der Waals surface area contributed by atoms with Gasteiger partial charge < -0.3 is 20.2 Å². The fourth-order valence-corrected chi connectivity index (χ4v) is 4.12. The molecular weight excluding hydrogens is 417 g/mol. The average Bonchev–Trinajstić information content (AvgIpc) is 2.71. The van der Waals surface area contributed by atoms with Crippen molar-refractivity contribution in [3.63, 3.8) is 0 Å². The molecule has 1 atom stereocenters. The first-order chi connectivity index (χ1) is 13.9. The second-order valence-electron chi connectivity index (χ2n) is 7.37. The first-order valence-corrected chi connectivity index (χ1v) is 10.6. The summed E-state index contributed by atoms with van der Waals surface area (Å²) in [7, 11) is 0. The standard InChI is InChI=1S/C19H27Cl2N5O3/c1-2-23-7-10-26(19(28)29)15(12-23)13-24-5-8-25(9-6-24)18(27)22-14-3-4-16(20)17(21)11-14/h3-4,11,15H,2,5-10,12-13H2,1H3,(H,22,27)(H,28,29). The van der Waals surface area contributed by atoms with Gasteiger partial charge in [0.25, 0.3) is 0 Å². The van der Waals surface area contributed by atoms with Crippen molar-refractivity contribution in [1.82, 2.24) is 19.6 Å². The summed E-state index contributed by atoms with van der Waals surface area (Å²) in [5, 5.41) is 13.2. The van der Waals surface area contributed by atoms with Crippen LogP contribution in [-0.2, 0) is 0 Å². The number of amides is 3. The monoisotopic (exact) mass is 443 g/mol. The molecule has 2 aliphatic heterocycles. The molecule has 0 radical (unpaired) electrons. The van der Waals surface area contributed by atoms with Gasteiger partial charge in [-0.05, 0) is 24.7 Å². The lowest BCUT2D eigenvalue weighted by Crippen LogP contribution is -2.60. The molecule has 1 aromatic carbocycles. The minimum atomic E-state index is -0.856. The smallest absolute Gasteiger partial charge is 0.407 e. The lowest BCUT2D eigenvalue weighted by Gasteiger charge is -2.43. The Morgan fingerprint density at radius 1 is 1.07 bits per heavy atom. The number of likely N-dealkylation sites (N-methyl/N-ethyl adjacent to an activating group) is 1. The number of piperazine rings is 2. The van der Waals surface area contributed by atoms with Gasteiger partial charge in [-0.2, -0.15) is 0 Å². The van der Waals surface area contributed by atoms with Crippen molar-refractivity contribution in [2.24, 2.45) is 0 Å². The van der Waals surface area contributed by atoms with E-state index in [1.54, 1.807) is 28.0 Å². The molecule has 0 aromatic heterocycles. The van der Waals surface area contributed by atoms with Gasteiger partial charge in [-0.3, -0.25) is 9.80 Å². The number of anilines is 1. The highest BCUT2D eigenvalue weighted by Gasteiger charge is 2.32. The van der Waals surface area contributed by atoms with Crippen molar-refractivity contribution < 1.29 is 14.7 Å². The fraction of sp³-hybridized carbons (Fsp3) is 0.579. The molecule has 0 spiro atoms. The minimum Gasteiger partial charge on any atom is -0.465 e. The van der Waals surface area contributed by atoms with Crippen LogP contribution < -0.4 is 5.32 Å². The summed E-state index contributed by atoms with van der Waals surface area (Å²) in [6, 6.07) is 4.77. The van der Waals surface area contributed by atoms with Crippen LogP contribution in [0.2, 0.25) is 10.0 Å². The predicted octanol–water partition coefficient (Wildman–Crippen LogP) is 2.83. The third kappa shape index (κ3) is 5.66. The first-order valence-electron chi connectivity index (χ1n) is 9.82. The lowest BCUT2D eigenvalue weighted by molar-refractivity contribution is 0.0440. The molecule has 0 aliphatic carbocycles. The SMILES string of the molecule is CCN1CCN(C(=O)O)C(CN2CCN(C(=O)Nc3ccc(Cl)c(Cl)c3)CC2)C1. The molecule has 10 heteroatoms. The van der Waals surface area contributed by atoms with Crippen LogP contribution in [0.5, 0.6) is 0 Å². The summed E-state index contributed by atoms with van der Waals surface area (Å²) in [5.41, 5.74) is 0.603. The van der Waals surface area contributed by atoms with Gasteiger partial charge in [0.1, 0.15) is 0 Å². The number of nitrogens with zero attached hydrogens (tertiary/aromatic N) is 4. The summed E-state index contributed by atoms with van der Waals surface area (Å²) in [4.78, 5) is 31.9. The zero-order valence-electron chi connectivity index (χ0n) is 16.5. The van der Waals surface area contributed by atoms with Crippen LogP contribution in [0.3, 0.4) is 0 Å². The molecular formula is C19H27Cl2N5O3. The number of benzene rings is 1. The van der Waals surface area contributed by atoms with E-state index in [4.69, 9.17) is 23.2 Å². The van der Waals surface area contributed by atoms with Gasteiger partial charge >= 0.3 is 12.1 Å². The maximum atomic E-state index is 12.5. The summed E-state index contributed by atoms with van der Waals surface area (Å²) in [5.74, 6) is 0. The van der Waals surface area contributed by atoms with Gasteiger partial charge in [0, 0.05) is 58.0 Å². The number of hydrogen-bond acceptors (Lipinski definition) is 4. The maximum Gasteiger partial charge on any atom is 0.407 e. The summed E-state index contributed by atoms with van der Waals surface area (Å²) < 4.78 is 0. The Labute approximate surface area is 180 Å². The highest BCUT2D eigenvalue weighted by molar-refractivity contribution is 6.42. The van der Waals surface area contributed by atoms with E-state index in [-0.39, 0.29) is 12.1 Å². The average molecular weight is 444 g/mol. The molecule has 0 saturated carbocycles.